The number of rotatable bonds is 5. The number of hydrogen-bond acceptors (Lipinski definition) is 5. The van der Waals surface area contributed by atoms with Crippen LogP contribution in [0.15, 0.2) is 34.2 Å². The van der Waals surface area contributed by atoms with Gasteiger partial charge in [-0.05, 0) is 25.5 Å². The normalized spacial score (nSPS) is 12.1. The molecule has 0 bridgehead atoms. The minimum absolute atomic E-state index is 0.0264. The molecule has 0 fully saturated rings. The van der Waals surface area contributed by atoms with E-state index in [1.54, 1.807) is 6.92 Å². The molecule has 0 aliphatic carbocycles. The first kappa shape index (κ1) is 14.4. The van der Waals surface area contributed by atoms with Crippen molar-refractivity contribution in [1.82, 2.24) is 14.9 Å². The second-order valence-electron chi connectivity index (χ2n) is 4.31. The van der Waals surface area contributed by atoms with Gasteiger partial charge in [-0.1, -0.05) is 35.0 Å². The van der Waals surface area contributed by atoms with Gasteiger partial charge in [0.25, 0.3) is 0 Å². The average Bonchev–Trinajstić information content (AvgIpc) is 2.82. The lowest BCUT2D eigenvalue weighted by molar-refractivity contribution is 0.372. The summed E-state index contributed by atoms with van der Waals surface area (Å²) < 4.78 is 30.7. The molecule has 1 aromatic heterocycles. The molecular formula is C13H15N3O3S. The van der Waals surface area contributed by atoms with Gasteiger partial charge in [-0.2, -0.15) is 4.98 Å². The fourth-order valence-corrected chi connectivity index (χ4v) is 2.23. The van der Waals surface area contributed by atoms with Crippen LogP contribution in [0.3, 0.4) is 0 Å². The Bertz CT molecular complexity index is 703. The van der Waals surface area contributed by atoms with Crippen molar-refractivity contribution in [3.8, 4) is 0 Å². The molecule has 0 saturated carbocycles. The molecule has 106 valence electrons. The van der Waals surface area contributed by atoms with Gasteiger partial charge in [0.05, 0.1) is 6.54 Å². The fraction of sp³-hybridized carbons (Fsp3) is 0.231. The molecule has 0 unspecified atom stereocenters. The highest BCUT2D eigenvalue weighted by Crippen LogP contribution is 2.06. The maximum atomic E-state index is 11.8. The Morgan fingerprint density at radius 3 is 2.55 bits per heavy atom. The van der Waals surface area contributed by atoms with Crippen molar-refractivity contribution in [2.75, 3.05) is 0 Å². The largest absolute Gasteiger partial charge is 0.338 e. The molecular weight excluding hydrogens is 278 g/mol. The van der Waals surface area contributed by atoms with Crippen molar-refractivity contribution in [2.24, 2.45) is 0 Å². The topological polar surface area (TPSA) is 85.1 Å². The molecule has 6 nitrogen and oxygen atoms in total. The highest BCUT2D eigenvalue weighted by Gasteiger charge is 2.08. The minimum atomic E-state index is -3.54. The summed E-state index contributed by atoms with van der Waals surface area (Å²) in [6.45, 7) is 3.61. The van der Waals surface area contributed by atoms with Crippen molar-refractivity contribution >= 4 is 16.1 Å². The average molecular weight is 293 g/mol. The van der Waals surface area contributed by atoms with Crippen LogP contribution >= 0.6 is 0 Å². The first-order valence-electron chi connectivity index (χ1n) is 5.98. The van der Waals surface area contributed by atoms with Crippen LogP contribution < -0.4 is 4.72 Å². The van der Waals surface area contributed by atoms with Gasteiger partial charge in [0.1, 0.15) is 0 Å². The van der Waals surface area contributed by atoms with E-state index in [-0.39, 0.29) is 12.4 Å². The molecule has 1 heterocycles. The maximum absolute atomic E-state index is 11.8. The lowest BCUT2D eigenvalue weighted by atomic mass is 10.2. The van der Waals surface area contributed by atoms with Gasteiger partial charge < -0.3 is 4.52 Å². The molecule has 0 radical (unpaired) electrons. The van der Waals surface area contributed by atoms with E-state index in [1.807, 2.05) is 31.2 Å². The van der Waals surface area contributed by atoms with Gasteiger partial charge in [-0.25, -0.2) is 13.1 Å². The number of nitrogens with zero attached hydrogens (tertiary/aromatic N) is 2. The smallest absolute Gasteiger partial charge is 0.241 e. The summed E-state index contributed by atoms with van der Waals surface area (Å²) in [5.41, 5.74) is 1.93. The van der Waals surface area contributed by atoms with Crippen molar-refractivity contribution in [1.29, 1.82) is 0 Å². The van der Waals surface area contributed by atoms with E-state index in [0.717, 1.165) is 16.5 Å². The lowest BCUT2D eigenvalue weighted by Gasteiger charge is -1.99. The number of hydrogen-bond donors (Lipinski definition) is 1. The molecule has 0 saturated heterocycles. The highest BCUT2D eigenvalue weighted by molar-refractivity contribution is 7.92. The Balaban J connectivity index is 1.98. The summed E-state index contributed by atoms with van der Waals surface area (Å²) in [4.78, 5) is 3.91. The molecule has 0 aliphatic heterocycles. The van der Waals surface area contributed by atoms with Crippen molar-refractivity contribution < 1.29 is 12.9 Å². The van der Waals surface area contributed by atoms with Crippen LogP contribution in [0.25, 0.3) is 6.08 Å². The van der Waals surface area contributed by atoms with Gasteiger partial charge in [0, 0.05) is 5.41 Å². The number of sulfonamides is 1. The van der Waals surface area contributed by atoms with Crippen LogP contribution in [0.1, 0.15) is 22.8 Å². The third kappa shape index (κ3) is 4.29. The van der Waals surface area contributed by atoms with Crippen LogP contribution in [-0.4, -0.2) is 18.6 Å². The molecule has 1 N–H and O–H groups in total. The zero-order chi connectivity index (χ0) is 14.6. The Hall–Kier alpha value is -1.99. The third-order valence-electron chi connectivity index (χ3n) is 2.51. The van der Waals surface area contributed by atoms with Gasteiger partial charge in [0.15, 0.2) is 5.82 Å². The van der Waals surface area contributed by atoms with E-state index in [2.05, 4.69) is 14.9 Å². The second-order valence-corrected chi connectivity index (χ2v) is 5.97. The Labute approximate surface area is 117 Å². The van der Waals surface area contributed by atoms with Crippen LogP contribution in [0.2, 0.25) is 0 Å². The van der Waals surface area contributed by atoms with Gasteiger partial charge in [-0.3, -0.25) is 0 Å². The summed E-state index contributed by atoms with van der Waals surface area (Å²) >= 11 is 0. The Kier molecular flexibility index (Phi) is 4.31. The zero-order valence-electron chi connectivity index (χ0n) is 11.2. The van der Waals surface area contributed by atoms with Crippen molar-refractivity contribution in [2.45, 2.75) is 20.4 Å². The monoisotopic (exact) mass is 293 g/mol. The Morgan fingerprint density at radius 2 is 1.95 bits per heavy atom. The maximum Gasteiger partial charge on any atom is 0.241 e. The number of benzene rings is 1. The molecule has 0 aliphatic rings. The van der Waals surface area contributed by atoms with E-state index >= 15 is 0 Å². The van der Waals surface area contributed by atoms with Gasteiger partial charge in [0.2, 0.25) is 15.9 Å². The third-order valence-corrected chi connectivity index (χ3v) is 3.55. The minimum Gasteiger partial charge on any atom is -0.338 e. The lowest BCUT2D eigenvalue weighted by Crippen LogP contribution is -2.20. The highest BCUT2D eigenvalue weighted by atomic mass is 32.2. The molecule has 20 heavy (non-hydrogen) atoms. The first-order valence-corrected chi connectivity index (χ1v) is 7.53. The summed E-state index contributed by atoms with van der Waals surface area (Å²) in [5.74, 6) is 0.698. The standard InChI is InChI=1S/C13H15N3O3S/c1-10-3-5-12(6-4-10)7-8-20(17,18)14-9-13-15-11(2)16-19-13/h3-8,14H,9H2,1-2H3. The number of nitrogens with one attached hydrogen (secondary N) is 1. The molecule has 7 heteroatoms. The number of aromatic nitrogens is 2. The molecule has 0 amide bonds. The van der Waals surface area contributed by atoms with Gasteiger partial charge >= 0.3 is 0 Å². The van der Waals surface area contributed by atoms with Crippen LogP contribution in [0, 0.1) is 13.8 Å². The summed E-state index contributed by atoms with van der Waals surface area (Å²) in [6, 6.07) is 7.54. The van der Waals surface area contributed by atoms with Crippen LogP contribution in [-0.2, 0) is 16.6 Å². The first-order chi connectivity index (χ1) is 9.44. The summed E-state index contributed by atoms with van der Waals surface area (Å²) in [7, 11) is -3.54. The van der Waals surface area contributed by atoms with Crippen molar-refractivity contribution in [3.63, 3.8) is 0 Å². The molecule has 0 spiro atoms. The SMILES string of the molecule is Cc1ccc(C=CS(=O)(=O)NCc2nc(C)no2)cc1. The molecule has 2 rings (SSSR count). The quantitative estimate of drug-likeness (QED) is 0.908. The van der Waals surface area contributed by atoms with E-state index in [1.165, 1.54) is 6.08 Å². The van der Waals surface area contributed by atoms with E-state index in [4.69, 9.17) is 4.52 Å². The van der Waals surface area contributed by atoms with E-state index < -0.39 is 10.0 Å². The van der Waals surface area contributed by atoms with Gasteiger partial charge in [-0.15, -0.1) is 0 Å². The summed E-state index contributed by atoms with van der Waals surface area (Å²) in [6.07, 6.45) is 1.53. The summed E-state index contributed by atoms with van der Waals surface area (Å²) in [5, 5.41) is 4.69. The predicted molar refractivity (Wildman–Crippen MR) is 75.0 cm³/mol. The number of aryl methyl sites for hydroxylation is 2. The molecule has 1 aromatic carbocycles. The Morgan fingerprint density at radius 1 is 1.25 bits per heavy atom. The van der Waals surface area contributed by atoms with E-state index in [9.17, 15) is 8.42 Å². The van der Waals surface area contributed by atoms with Crippen LogP contribution in [0.5, 0.6) is 0 Å². The fourth-order valence-electron chi connectivity index (χ4n) is 1.47. The zero-order valence-corrected chi connectivity index (χ0v) is 12.0. The molecule has 2 aromatic rings. The van der Waals surface area contributed by atoms with E-state index in [0.29, 0.717) is 5.82 Å². The predicted octanol–water partition coefficient (Wildman–Crippen LogP) is 1.78. The van der Waals surface area contributed by atoms with Crippen LogP contribution in [0.4, 0.5) is 0 Å². The molecule has 0 atom stereocenters. The second kappa shape index (κ2) is 5.98. The van der Waals surface area contributed by atoms with Crippen molar-refractivity contribution in [3.05, 3.63) is 52.5 Å².